The van der Waals surface area contributed by atoms with Crippen molar-refractivity contribution in [3.8, 4) is 11.5 Å². The first-order valence-electron chi connectivity index (χ1n) is 6.71. The number of nitrogens with two attached hydrogens (primary N) is 1. The molecule has 0 fully saturated rings. The van der Waals surface area contributed by atoms with Crippen LogP contribution in [-0.2, 0) is 16.0 Å². The van der Waals surface area contributed by atoms with E-state index in [4.69, 9.17) is 25.5 Å². The molecule has 0 amide bonds. The number of phenols is 2. The number of aromatic hydroxyl groups is 2. The van der Waals surface area contributed by atoms with Gasteiger partial charge in [-0.1, -0.05) is 18.2 Å². The minimum absolute atomic E-state index is 0. The van der Waals surface area contributed by atoms with E-state index in [1.165, 1.54) is 0 Å². The molecule has 2 aromatic carbocycles. The normalized spacial score (nSPS) is 8.79. The van der Waals surface area contributed by atoms with Crippen LogP contribution in [0.4, 0.5) is 0 Å². The largest absolute Gasteiger partial charge is 0.504 e. The van der Waals surface area contributed by atoms with Gasteiger partial charge in [0.05, 0.1) is 0 Å². The van der Waals surface area contributed by atoms with Gasteiger partial charge in [-0.2, -0.15) is 0 Å². The molecule has 0 aromatic heterocycles. The van der Waals surface area contributed by atoms with Crippen LogP contribution in [0.3, 0.4) is 0 Å². The molecule has 0 bridgehead atoms. The molecule has 6 N–H and O–H groups in total. The first kappa shape index (κ1) is 23.8. The molecule has 24 heavy (non-hydrogen) atoms. The smallest absolute Gasteiger partial charge is 0.300 e. The van der Waals surface area contributed by atoms with Crippen LogP contribution in [0.15, 0.2) is 30.3 Å². The lowest BCUT2D eigenvalue weighted by Crippen LogP contribution is -2.02. The highest BCUT2D eigenvalue weighted by molar-refractivity contribution is 5.86. The molecule has 2 rings (SSSR count). The molecule has 134 valence electrons. The standard InChI is InChI=1S/C12H13NO2.2C2H4O2.ClH/c13-4-3-8-1-2-9-6-11(14)12(15)7-10(9)5-8;2*1-2(3)4;/h1-2,5-7,14-15H,3-4,13H2;2*1H3,(H,3,4);1H. The number of hydrogen-bond donors (Lipinski definition) is 5. The third-order valence-electron chi connectivity index (χ3n) is 2.43. The number of carbonyl (C=O) groups is 2. The second-order valence-electron chi connectivity index (χ2n) is 4.60. The summed E-state index contributed by atoms with van der Waals surface area (Å²) in [5, 5.41) is 35.3. The van der Waals surface area contributed by atoms with E-state index >= 15 is 0 Å². The first-order chi connectivity index (χ1) is 10.7. The summed E-state index contributed by atoms with van der Waals surface area (Å²) in [6.07, 6.45) is 0.817. The van der Waals surface area contributed by atoms with Crippen LogP contribution in [0.2, 0.25) is 0 Å². The second kappa shape index (κ2) is 12.0. The lowest BCUT2D eigenvalue weighted by atomic mass is 10.0. The van der Waals surface area contributed by atoms with Crippen molar-refractivity contribution in [3.05, 3.63) is 35.9 Å². The van der Waals surface area contributed by atoms with Gasteiger partial charge in [-0.15, -0.1) is 12.4 Å². The van der Waals surface area contributed by atoms with Crippen LogP contribution in [0, 0.1) is 0 Å². The summed E-state index contributed by atoms with van der Waals surface area (Å²) >= 11 is 0. The van der Waals surface area contributed by atoms with E-state index in [1.807, 2.05) is 18.2 Å². The number of rotatable bonds is 2. The molecule has 0 unspecified atom stereocenters. The van der Waals surface area contributed by atoms with Gasteiger partial charge in [-0.05, 0) is 41.4 Å². The Morgan fingerprint density at radius 2 is 1.33 bits per heavy atom. The number of carboxylic acids is 2. The highest BCUT2D eigenvalue weighted by Gasteiger charge is 2.02. The maximum Gasteiger partial charge on any atom is 0.300 e. The molecule has 8 heteroatoms. The topological polar surface area (TPSA) is 141 Å². The molecular formula is C16H22ClNO6. The van der Waals surface area contributed by atoms with Gasteiger partial charge in [0.2, 0.25) is 0 Å². The Labute approximate surface area is 145 Å². The Balaban J connectivity index is 0. The van der Waals surface area contributed by atoms with Crippen LogP contribution in [0.1, 0.15) is 19.4 Å². The highest BCUT2D eigenvalue weighted by atomic mass is 35.5. The summed E-state index contributed by atoms with van der Waals surface area (Å²) in [6, 6.07) is 8.98. The molecular weight excluding hydrogens is 338 g/mol. The molecule has 0 saturated heterocycles. The molecule has 0 heterocycles. The van der Waals surface area contributed by atoms with E-state index in [2.05, 4.69) is 0 Å². The van der Waals surface area contributed by atoms with Gasteiger partial charge in [0.25, 0.3) is 11.9 Å². The van der Waals surface area contributed by atoms with E-state index in [9.17, 15) is 10.2 Å². The van der Waals surface area contributed by atoms with Crippen molar-refractivity contribution in [1.29, 1.82) is 0 Å². The Morgan fingerprint density at radius 3 is 1.75 bits per heavy atom. The third kappa shape index (κ3) is 10.3. The first-order valence-corrected chi connectivity index (χ1v) is 6.71. The van der Waals surface area contributed by atoms with E-state index in [-0.39, 0.29) is 23.9 Å². The minimum atomic E-state index is -0.833. The van der Waals surface area contributed by atoms with Crippen LogP contribution < -0.4 is 5.73 Å². The molecule has 0 aliphatic rings. The van der Waals surface area contributed by atoms with Crippen molar-refractivity contribution in [2.75, 3.05) is 6.54 Å². The third-order valence-corrected chi connectivity index (χ3v) is 2.43. The van der Waals surface area contributed by atoms with Crippen molar-refractivity contribution in [2.45, 2.75) is 20.3 Å². The van der Waals surface area contributed by atoms with Crippen LogP contribution in [0.25, 0.3) is 10.8 Å². The Morgan fingerprint density at radius 1 is 0.917 bits per heavy atom. The summed E-state index contributed by atoms with van der Waals surface area (Å²) in [5.41, 5.74) is 6.60. The molecule has 0 radical (unpaired) electrons. The number of hydrogen-bond acceptors (Lipinski definition) is 5. The quantitative estimate of drug-likeness (QED) is 0.518. The number of phenolic OH excluding ortho intramolecular Hbond substituents is 2. The number of fused-ring (bicyclic) bond motifs is 1. The van der Waals surface area contributed by atoms with E-state index in [1.54, 1.807) is 12.1 Å². The molecule has 0 aliphatic carbocycles. The van der Waals surface area contributed by atoms with Gasteiger partial charge >= 0.3 is 0 Å². The van der Waals surface area contributed by atoms with Crippen molar-refractivity contribution in [2.24, 2.45) is 5.73 Å². The van der Waals surface area contributed by atoms with Gasteiger partial charge in [-0.3, -0.25) is 9.59 Å². The van der Waals surface area contributed by atoms with Gasteiger partial charge < -0.3 is 26.2 Å². The van der Waals surface area contributed by atoms with Gasteiger partial charge in [0.15, 0.2) is 11.5 Å². The second-order valence-corrected chi connectivity index (χ2v) is 4.60. The summed E-state index contributed by atoms with van der Waals surface area (Å²) in [7, 11) is 0. The maximum absolute atomic E-state index is 9.36. The fourth-order valence-electron chi connectivity index (χ4n) is 1.65. The van der Waals surface area contributed by atoms with Crippen molar-refractivity contribution >= 4 is 35.1 Å². The van der Waals surface area contributed by atoms with Crippen LogP contribution in [-0.4, -0.2) is 38.9 Å². The predicted molar refractivity (Wildman–Crippen MR) is 93.9 cm³/mol. The number of carboxylic acid groups (broad SMARTS) is 2. The minimum Gasteiger partial charge on any atom is -0.504 e. The average molecular weight is 360 g/mol. The van der Waals surface area contributed by atoms with Crippen molar-refractivity contribution < 1.29 is 30.0 Å². The Hall–Kier alpha value is -2.51. The fraction of sp³-hybridized carbons (Fsp3) is 0.250. The van der Waals surface area contributed by atoms with Crippen LogP contribution in [0.5, 0.6) is 11.5 Å². The van der Waals surface area contributed by atoms with Gasteiger partial charge in [-0.25, -0.2) is 0 Å². The number of benzene rings is 2. The summed E-state index contributed by atoms with van der Waals surface area (Å²) in [5.74, 6) is -1.85. The van der Waals surface area contributed by atoms with Gasteiger partial charge in [0.1, 0.15) is 0 Å². The Bertz CT molecular complexity index is 655. The number of halogens is 1. The SMILES string of the molecule is CC(=O)O.CC(=O)O.Cl.NCCc1ccc2cc(O)c(O)cc2c1. The predicted octanol–water partition coefficient (Wildman–Crippen LogP) is 2.36. The lowest BCUT2D eigenvalue weighted by molar-refractivity contribution is -0.135. The van der Waals surface area contributed by atoms with Crippen LogP contribution >= 0.6 is 12.4 Å². The average Bonchev–Trinajstić information content (AvgIpc) is 2.39. The zero-order chi connectivity index (χ0) is 18.0. The summed E-state index contributed by atoms with van der Waals surface area (Å²) in [4.78, 5) is 18.0. The molecule has 0 atom stereocenters. The lowest BCUT2D eigenvalue weighted by Gasteiger charge is -2.04. The van der Waals surface area contributed by atoms with Crippen molar-refractivity contribution in [1.82, 2.24) is 0 Å². The highest BCUT2D eigenvalue weighted by Crippen LogP contribution is 2.30. The monoisotopic (exact) mass is 359 g/mol. The Kier molecular flexibility index (Phi) is 11.9. The summed E-state index contributed by atoms with van der Waals surface area (Å²) in [6.45, 7) is 2.77. The molecule has 7 nitrogen and oxygen atoms in total. The molecule has 0 spiro atoms. The molecule has 0 saturated carbocycles. The van der Waals surface area contributed by atoms with E-state index in [0.29, 0.717) is 6.54 Å². The van der Waals surface area contributed by atoms with Crippen molar-refractivity contribution in [3.63, 3.8) is 0 Å². The van der Waals surface area contributed by atoms with E-state index < -0.39 is 11.9 Å². The fourth-order valence-corrected chi connectivity index (χ4v) is 1.65. The summed E-state index contributed by atoms with van der Waals surface area (Å²) < 4.78 is 0. The zero-order valence-electron chi connectivity index (χ0n) is 13.4. The van der Waals surface area contributed by atoms with Gasteiger partial charge in [0, 0.05) is 13.8 Å². The number of aliphatic carboxylic acids is 2. The van der Waals surface area contributed by atoms with E-state index in [0.717, 1.165) is 36.6 Å². The zero-order valence-corrected chi connectivity index (χ0v) is 14.2. The molecule has 0 aliphatic heterocycles. The molecule has 2 aromatic rings. The maximum atomic E-state index is 9.36.